The Kier molecular flexibility index (Phi) is 6.36. The first-order valence-electron chi connectivity index (χ1n) is 9.24. The number of carbonyl (C=O) groups excluding carboxylic acids is 1. The Bertz CT molecular complexity index is 717. The first-order valence-corrected chi connectivity index (χ1v) is 9.24. The van der Waals surface area contributed by atoms with Crippen molar-refractivity contribution in [2.75, 3.05) is 33.7 Å². The Morgan fingerprint density at radius 2 is 1.69 bits per heavy atom. The monoisotopic (exact) mass is 352 g/mol. The van der Waals surface area contributed by atoms with E-state index in [0.717, 1.165) is 44.1 Å². The van der Waals surface area contributed by atoms with Crippen LogP contribution in [-0.2, 0) is 24.4 Å². The molecule has 0 aliphatic carbocycles. The molecule has 1 fully saturated rings. The molecule has 3 rings (SSSR count). The van der Waals surface area contributed by atoms with Crippen LogP contribution in [0.2, 0.25) is 0 Å². The van der Waals surface area contributed by atoms with Gasteiger partial charge in [0.15, 0.2) is 0 Å². The van der Waals surface area contributed by atoms with E-state index in [1.54, 1.807) is 0 Å². The van der Waals surface area contributed by atoms with Crippen LogP contribution in [0.25, 0.3) is 0 Å². The van der Waals surface area contributed by atoms with Gasteiger partial charge in [0.1, 0.15) is 0 Å². The summed E-state index contributed by atoms with van der Waals surface area (Å²) in [4.78, 5) is 23.7. The zero-order chi connectivity index (χ0) is 18.4. The molecule has 0 unspecified atom stereocenters. The second-order valence-electron chi connectivity index (χ2n) is 7.19. The fraction of sp³-hybridized carbons (Fsp3) is 0.429. The molecule has 1 aromatic carbocycles. The summed E-state index contributed by atoms with van der Waals surface area (Å²) in [5, 5.41) is 0. The number of aromatic nitrogens is 1. The molecule has 0 bridgehead atoms. The third-order valence-corrected chi connectivity index (χ3v) is 4.63. The fourth-order valence-electron chi connectivity index (χ4n) is 3.30. The third kappa shape index (κ3) is 5.38. The maximum Gasteiger partial charge on any atom is 0.224 e. The Hall–Kier alpha value is -2.24. The van der Waals surface area contributed by atoms with E-state index in [-0.39, 0.29) is 5.91 Å². The van der Waals surface area contributed by atoms with Crippen LogP contribution in [0.15, 0.2) is 48.5 Å². The predicted octanol–water partition coefficient (Wildman–Crippen LogP) is 2.38. The van der Waals surface area contributed by atoms with Gasteiger partial charge in [-0.15, -0.1) is 0 Å². The summed E-state index contributed by atoms with van der Waals surface area (Å²) in [5.74, 6) is 0.241. The zero-order valence-corrected chi connectivity index (χ0v) is 15.8. The van der Waals surface area contributed by atoms with Crippen LogP contribution in [-0.4, -0.2) is 59.3 Å². The normalized spacial score (nSPS) is 16.1. The molecule has 2 heterocycles. The number of hydrogen-bond donors (Lipinski definition) is 0. The van der Waals surface area contributed by atoms with Crippen molar-refractivity contribution in [2.24, 2.45) is 0 Å². The molecule has 1 aromatic heterocycles. The molecular weight excluding hydrogens is 324 g/mol. The smallest absolute Gasteiger partial charge is 0.224 e. The Morgan fingerprint density at radius 1 is 0.923 bits per heavy atom. The van der Waals surface area contributed by atoms with Gasteiger partial charge in [-0.25, -0.2) is 0 Å². The lowest BCUT2D eigenvalue weighted by Gasteiger charge is -2.22. The number of amides is 1. The Labute approximate surface area is 156 Å². The van der Waals surface area contributed by atoms with E-state index in [1.807, 2.05) is 23.1 Å². The zero-order valence-electron chi connectivity index (χ0n) is 15.8. The highest BCUT2D eigenvalue weighted by molar-refractivity contribution is 5.76. The van der Waals surface area contributed by atoms with Gasteiger partial charge in [-0.2, -0.15) is 0 Å². The molecule has 138 valence electrons. The molecule has 1 aliphatic rings. The second-order valence-corrected chi connectivity index (χ2v) is 7.19. The van der Waals surface area contributed by atoms with Crippen LogP contribution in [0.3, 0.4) is 0 Å². The topological polar surface area (TPSA) is 39.7 Å². The highest BCUT2D eigenvalue weighted by Crippen LogP contribution is 2.12. The van der Waals surface area contributed by atoms with Gasteiger partial charge in [0.25, 0.3) is 0 Å². The van der Waals surface area contributed by atoms with Crippen molar-refractivity contribution >= 4 is 5.91 Å². The average Bonchev–Trinajstić information content (AvgIpc) is 2.78. The number of rotatable bonds is 6. The summed E-state index contributed by atoms with van der Waals surface area (Å²) in [5.41, 5.74) is 3.35. The highest BCUT2D eigenvalue weighted by atomic mass is 16.2. The fourth-order valence-corrected chi connectivity index (χ4v) is 3.30. The third-order valence-electron chi connectivity index (χ3n) is 4.63. The van der Waals surface area contributed by atoms with Crippen LogP contribution in [0.5, 0.6) is 0 Å². The van der Waals surface area contributed by atoms with Crippen molar-refractivity contribution in [1.29, 1.82) is 0 Å². The summed E-state index contributed by atoms with van der Waals surface area (Å²) >= 11 is 0. The van der Waals surface area contributed by atoms with E-state index in [0.29, 0.717) is 13.0 Å². The largest absolute Gasteiger partial charge is 0.337 e. The van der Waals surface area contributed by atoms with E-state index in [4.69, 9.17) is 4.98 Å². The molecule has 0 saturated carbocycles. The quantitative estimate of drug-likeness (QED) is 0.800. The van der Waals surface area contributed by atoms with E-state index in [1.165, 1.54) is 5.56 Å². The van der Waals surface area contributed by atoms with Gasteiger partial charge in [0, 0.05) is 45.7 Å². The summed E-state index contributed by atoms with van der Waals surface area (Å²) in [7, 11) is 4.10. The molecular formula is C21H28N4O. The summed E-state index contributed by atoms with van der Waals surface area (Å²) in [6, 6.07) is 16.4. The van der Waals surface area contributed by atoms with Gasteiger partial charge < -0.3 is 9.80 Å². The number of pyridine rings is 1. The van der Waals surface area contributed by atoms with Crippen molar-refractivity contribution in [3.8, 4) is 0 Å². The van der Waals surface area contributed by atoms with Crippen molar-refractivity contribution in [3.63, 3.8) is 0 Å². The van der Waals surface area contributed by atoms with Crippen LogP contribution >= 0.6 is 0 Å². The number of carbonyl (C=O) groups is 1. The lowest BCUT2D eigenvalue weighted by atomic mass is 10.2. The molecule has 26 heavy (non-hydrogen) atoms. The van der Waals surface area contributed by atoms with Gasteiger partial charge in [-0.05, 0) is 31.8 Å². The van der Waals surface area contributed by atoms with Crippen LogP contribution in [0.1, 0.15) is 23.4 Å². The number of hydrogen-bond acceptors (Lipinski definition) is 4. The molecule has 5 nitrogen and oxygen atoms in total. The first kappa shape index (κ1) is 18.5. The van der Waals surface area contributed by atoms with E-state index in [2.05, 4.69) is 54.2 Å². The summed E-state index contributed by atoms with van der Waals surface area (Å²) < 4.78 is 0. The van der Waals surface area contributed by atoms with Crippen molar-refractivity contribution in [1.82, 2.24) is 19.7 Å². The van der Waals surface area contributed by atoms with Gasteiger partial charge >= 0.3 is 0 Å². The highest BCUT2D eigenvalue weighted by Gasteiger charge is 2.21. The Morgan fingerprint density at radius 3 is 2.46 bits per heavy atom. The van der Waals surface area contributed by atoms with Gasteiger partial charge in [0.05, 0.1) is 11.4 Å². The molecule has 5 heteroatoms. The Balaban J connectivity index is 1.59. The SMILES string of the molecule is CN(C)Cc1cccc(CN2CCC(=O)N(Cc3ccccc3)CC2)n1. The van der Waals surface area contributed by atoms with Crippen molar-refractivity contribution < 1.29 is 4.79 Å². The van der Waals surface area contributed by atoms with Crippen LogP contribution in [0.4, 0.5) is 0 Å². The first-order chi connectivity index (χ1) is 12.6. The predicted molar refractivity (Wildman–Crippen MR) is 103 cm³/mol. The number of benzene rings is 1. The van der Waals surface area contributed by atoms with Gasteiger partial charge in [-0.3, -0.25) is 14.7 Å². The minimum absolute atomic E-state index is 0.241. The maximum atomic E-state index is 12.5. The average molecular weight is 352 g/mol. The van der Waals surface area contributed by atoms with Crippen molar-refractivity contribution in [2.45, 2.75) is 26.1 Å². The molecule has 1 aliphatic heterocycles. The number of nitrogens with zero attached hydrogens (tertiary/aromatic N) is 4. The molecule has 0 atom stereocenters. The lowest BCUT2D eigenvalue weighted by Crippen LogP contribution is -2.32. The molecule has 0 spiro atoms. The van der Waals surface area contributed by atoms with E-state index >= 15 is 0 Å². The van der Waals surface area contributed by atoms with Crippen LogP contribution in [0, 0.1) is 0 Å². The standard InChI is InChI=1S/C21H28N4O/c1-23(2)16-19-9-6-10-20(22-19)17-24-12-11-21(26)25(14-13-24)15-18-7-4-3-5-8-18/h3-10H,11-17H2,1-2H3. The molecule has 0 radical (unpaired) electrons. The van der Waals surface area contributed by atoms with Crippen molar-refractivity contribution in [3.05, 3.63) is 65.5 Å². The van der Waals surface area contributed by atoms with Gasteiger partial charge in [-0.1, -0.05) is 36.4 Å². The van der Waals surface area contributed by atoms with E-state index in [9.17, 15) is 4.79 Å². The maximum absolute atomic E-state index is 12.5. The van der Waals surface area contributed by atoms with Gasteiger partial charge in [0.2, 0.25) is 5.91 Å². The molecule has 1 saturated heterocycles. The summed E-state index contributed by atoms with van der Waals surface area (Å²) in [6.07, 6.45) is 0.574. The minimum Gasteiger partial charge on any atom is -0.337 e. The second kappa shape index (κ2) is 8.92. The lowest BCUT2D eigenvalue weighted by molar-refractivity contribution is -0.130. The molecule has 0 N–H and O–H groups in total. The molecule has 2 aromatic rings. The minimum atomic E-state index is 0.241. The van der Waals surface area contributed by atoms with E-state index < -0.39 is 0 Å². The van der Waals surface area contributed by atoms with Crippen LogP contribution < -0.4 is 0 Å². The molecule has 1 amide bonds. The summed E-state index contributed by atoms with van der Waals surface area (Å²) in [6.45, 7) is 4.79.